The van der Waals surface area contributed by atoms with Crippen molar-refractivity contribution in [2.45, 2.75) is 17.6 Å². The van der Waals surface area contributed by atoms with Crippen LogP contribution in [0.2, 0.25) is 5.02 Å². The number of fused-ring (bicyclic) bond motifs is 3. The van der Waals surface area contributed by atoms with Crippen LogP contribution in [-0.4, -0.2) is 22.8 Å². The topological polar surface area (TPSA) is 56.1 Å². The van der Waals surface area contributed by atoms with Gasteiger partial charge in [0.05, 0.1) is 18.5 Å². The van der Waals surface area contributed by atoms with Gasteiger partial charge in [-0.05, 0) is 42.8 Å². The molecule has 7 heteroatoms. The van der Waals surface area contributed by atoms with Crippen LogP contribution >= 0.6 is 23.4 Å². The van der Waals surface area contributed by atoms with E-state index in [1.165, 1.54) is 0 Å². The fourth-order valence-corrected chi connectivity index (χ4v) is 4.51. The number of rotatable bonds is 3. The molecule has 1 aliphatic heterocycles. The summed E-state index contributed by atoms with van der Waals surface area (Å²) >= 11 is 7.87. The summed E-state index contributed by atoms with van der Waals surface area (Å²) in [5, 5.41) is 8.11. The van der Waals surface area contributed by atoms with E-state index in [1.54, 1.807) is 23.6 Å². The number of halogens is 1. The first-order valence-electron chi connectivity index (χ1n) is 8.42. The molecule has 27 heavy (non-hydrogen) atoms. The van der Waals surface area contributed by atoms with E-state index in [4.69, 9.17) is 16.3 Å². The largest absolute Gasteiger partial charge is 0.495 e. The van der Waals surface area contributed by atoms with Gasteiger partial charge in [0, 0.05) is 33.8 Å². The summed E-state index contributed by atoms with van der Waals surface area (Å²) < 4.78 is 7.11. The third-order valence-electron chi connectivity index (χ3n) is 4.53. The number of aryl methyl sites for hydroxylation is 2. The monoisotopic (exact) mass is 399 g/mol. The summed E-state index contributed by atoms with van der Waals surface area (Å²) in [6.45, 7) is 1.97. The number of amides is 1. The van der Waals surface area contributed by atoms with Crippen molar-refractivity contribution in [3.05, 3.63) is 58.2 Å². The van der Waals surface area contributed by atoms with Gasteiger partial charge < -0.3 is 10.1 Å². The Morgan fingerprint density at radius 1 is 1.30 bits per heavy atom. The zero-order chi connectivity index (χ0) is 19.1. The number of anilines is 1. The highest BCUT2D eigenvalue weighted by atomic mass is 35.5. The van der Waals surface area contributed by atoms with E-state index in [-0.39, 0.29) is 5.91 Å². The Morgan fingerprint density at radius 2 is 2.11 bits per heavy atom. The molecule has 0 saturated carbocycles. The van der Waals surface area contributed by atoms with Crippen LogP contribution < -0.4 is 10.1 Å². The molecule has 0 bridgehead atoms. The smallest absolute Gasteiger partial charge is 0.276 e. The number of nitrogens with one attached hydrogen (secondary N) is 1. The van der Waals surface area contributed by atoms with Gasteiger partial charge in [0.25, 0.3) is 5.91 Å². The number of benzene rings is 2. The molecule has 2 heterocycles. The van der Waals surface area contributed by atoms with Crippen molar-refractivity contribution >= 4 is 35.0 Å². The molecule has 2 aromatic carbocycles. The number of carbonyl (C=O) groups is 1. The van der Waals surface area contributed by atoms with E-state index in [9.17, 15) is 4.79 Å². The van der Waals surface area contributed by atoms with Gasteiger partial charge in [0.2, 0.25) is 0 Å². The molecular formula is C20H18ClN3O2S. The third-order valence-corrected chi connectivity index (χ3v) is 5.87. The lowest BCUT2D eigenvalue weighted by Crippen LogP contribution is -2.15. The maximum absolute atomic E-state index is 13.0. The zero-order valence-electron chi connectivity index (χ0n) is 15.2. The van der Waals surface area contributed by atoms with Crippen LogP contribution in [0.25, 0.3) is 11.3 Å². The Bertz CT molecular complexity index is 1060. The number of carbonyl (C=O) groups excluding carboxylic acids is 1. The summed E-state index contributed by atoms with van der Waals surface area (Å²) in [7, 11) is 3.43. The van der Waals surface area contributed by atoms with Crippen molar-refractivity contribution in [1.82, 2.24) is 9.78 Å². The Balaban J connectivity index is 1.74. The summed E-state index contributed by atoms with van der Waals surface area (Å²) in [5.41, 5.74) is 4.96. The highest BCUT2D eigenvalue weighted by Gasteiger charge is 2.28. The standard InChI is InChI=1S/C20H18ClN3O2S/c1-11-4-6-16(26-3)15(8-11)22-20(25)18-14-10-27-17-7-5-12(21)9-13(17)19(14)24(2)23-18/h4-9H,10H2,1-3H3,(H,22,25). The number of nitrogens with zero attached hydrogens (tertiary/aromatic N) is 2. The molecule has 0 unspecified atom stereocenters. The maximum Gasteiger partial charge on any atom is 0.276 e. The molecule has 1 N–H and O–H groups in total. The lowest BCUT2D eigenvalue weighted by Gasteiger charge is -2.17. The van der Waals surface area contributed by atoms with Crippen LogP contribution in [0.5, 0.6) is 5.75 Å². The van der Waals surface area contributed by atoms with Crippen LogP contribution in [0.4, 0.5) is 5.69 Å². The van der Waals surface area contributed by atoms with Crippen molar-refractivity contribution in [3.8, 4) is 17.0 Å². The van der Waals surface area contributed by atoms with E-state index in [2.05, 4.69) is 10.4 Å². The Morgan fingerprint density at radius 3 is 2.89 bits per heavy atom. The van der Waals surface area contributed by atoms with Gasteiger partial charge in [-0.25, -0.2) is 0 Å². The number of hydrogen-bond donors (Lipinski definition) is 1. The molecular weight excluding hydrogens is 382 g/mol. The average molecular weight is 400 g/mol. The molecule has 3 aromatic rings. The molecule has 0 aliphatic carbocycles. The van der Waals surface area contributed by atoms with Gasteiger partial charge in [-0.2, -0.15) is 5.10 Å². The van der Waals surface area contributed by atoms with Crippen molar-refractivity contribution in [2.24, 2.45) is 7.05 Å². The molecule has 138 valence electrons. The van der Waals surface area contributed by atoms with Crippen LogP contribution in [0.1, 0.15) is 21.6 Å². The SMILES string of the molecule is COc1ccc(C)cc1NC(=O)c1nn(C)c2c1CSc1ccc(Cl)cc1-2. The van der Waals surface area contributed by atoms with Crippen LogP contribution in [-0.2, 0) is 12.8 Å². The van der Waals surface area contributed by atoms with Crippen molar-refractivity contribution < 1.29 is 9.53 Å². The molecule has 0 atom stereocenters. The lowest BCUT2D eigenvalue weighted by atomic mass is 10.1. The van der Waals surface area contributed by atoms with E-state index in [0.29, 0.717) is 27.9 Å². The Kier molecular flexibility index (Phi) is 4.61. The van der Waals surface area contributed by atoms with Gasteiger partial charge in [-0.15, -0.1) is 11.8 Å². The minimum absolute atomic E-state index is 0.248. The molecule has 1 amide bonds. The van der Waals surface area contributed by atoms with Gasteiger partial charge in [0.1, 0.15) is 5.75 Å². The zero-order valence-corrected chi connectivity index (χ0v) is 16.7. The fraction of sp³-hybridized carbons (Fsp3) is 0.200. The van der Waals surface area contributed by atoms with Gasteiger partial charge >= 0.3 is 0 Å². The van der Waals surface area contributed by atoms with E-state index < -0.39 is 0 Å². The minimum atomic E-state index is -0.248. The van der Waals surface area contributed by atoms with Crippen LogP contribution in [0.3, 0.4) is 0 Å². The molecule has 4 rings (SSSR count). The van der Waals surface area contributed by atoms with E-state index in [1.807, 2.05) is 50.4 Å². The van der Waals surface area contributed by atoms with Crippen molar-refractivity contribution in [3.63, 3.8) is 0 Å². The highest BCUT2D eigenvalue weighted by molar-refractivity contribution is 7.98. The van der Waals surface area contributed by atoms with Crippen molar-refractivity contribution in [1.29, 1.82) is 0 Å². The van der Waals surface area contributed by atoms with Gasteiger partial charge in [-0.1, -0.05) is 17.7 Å². The average Bonchev–Trinajstić information content (AvgIpc) is 2.99. The number of hydrogen-bond acceptors (Lipinski definition) is 4. The summed E-state index contributed by atoms with van der Waals surface area (Å²) in [6, 6.07) is 11.5. The third kappa shape index (κ3) is 3.19. The van der Waals surface area contributed by atoms with E-state index in [0.717, 1.165) is 27.3 Å². The fourth-order valence-electron chi connectivity index (χ4n) is 3.29. The Labute approximate surface area is 166 Å². The second kappa shape index (κ2) is 6.94. The predicted molar refractivity (Wildman–Crippen MR) is 109 cm³/mol. The molecule has 1 aliphatic rings. The Hall–Kier alpha value is -2.44. The van der Waals surface area contributed by atoms with Crippen LogP contribution in [0.15, 0.2) is 41.3 Å². The van der Waals surface area contributed by atoms with E-state index >= 15 is 0 Å². The van der Waals surface area contributed by atoms with Gasteiger partial charge in [-0.3, -0.25) is 9.48 Å². The molecule has 0 fully saturated rings. The molecule has 1 aromatic heterocycles. The first kappa shape index (κ1) is 17.9. The maximum atomic E-state index is 13.0. The summed E-state index contributed by atoms with van der Waals surface area (Å²) in [5.74, 6) is 1.05. The molecule has 5 nitrogen and oxygen atoms in total. The normalized spacial score (nSPS) is 12.3. The summed E-state index contributed by atoms with van der Waals surface area (Å²) in [6.07, 6.45) is 0. The van der Waals surface area contributed by atoms with Crippen LogP contribution in [0, 0.1) is 6.92 Å². The number of thioether (sulfide) groups is 1. The lowest BCUT2D eigenvalue weighted by molar-refractivity contribution is 0.102. The first-order valence-corrected chi connectivity index (χ1v) is 9.79. The number of methoxy groups -OCH3 is 1. The quantitative estimate of drug-likeness (QED) is 0.679. The van der Waals surface area contributed by atoms with Gasteiger partial charge in [0.15, 0.2) is 5.69 Å². The molecule has 0 saturated heterocycles. The first-order chi connectivity index (χ1) is 13.0. The highest BCUT2D eigenvalue weighted by Crippen LogP contribution is 2.43. The minimum Gasteiger partial charge on any atom is -0.495 e. The second-order valence-corrected chi connectivity index (χ2v) is 7.84. The summed E-state index contributed by atoms with van der Waals surface area (Å²) in [4.78, 5) is 14.1. The number of ether oxygens (including phenoxy) is 1. The molecule has 0 spiro atoms. The molecule has 0 radical (unpaired) electrons. The van der Waals surface area contributed by atoms with Crippen molar-refractivity contribution in [2.75, 3.05) is 12.4 Å². The second-order valence-electron chi connectivity index (χ2n) is 6.39. The number of aromatic nitrogens is 2. The predicted octanol–water partition coefficient (Wildman–Crippen LogP) is 4.92.